The van der Waals surface area contributed by atoms with E-state index in [2.05, 4.69) is 27.2 Å². The Bertz CT molecular complexity index is 1950. The second-order valence-electron chi connectivity index (χ2n) is 17.4. The molecule has 0 radical (unpaired) electrons. The van der Waals surface area contributed by atoms with Crippen LogP contribution in [0.2, 0.25) is 5.02 Å². The number of allylic oxidation sites excluding steroid dienone is 1. The van der Waals surface area contributed by atoms with Crippen LogP contribution in [0.15, 0.2) is 53.7 Å². The lowest BCUT2D eigenvalue weighted by molar-refractivity contribution is -0.145. The van der Waals surface area contributed by atoms with Crippen LogP contribution in [0.1, 0.15) is 115 Å². The van der Waals surface area contributed by atoms with Crippen LogP contribution in [-0.2, 0) is 35.2 Å². The number of benzene rings is 2. The monoisotopic (exact) mass is 815 g/mol. The lowest BCUT2D eigenvalue weighted by Crippen LogP contribution is -2.59. The zero-order valence-electron chi connectivity index (χ0n) is 34.5. The number of amides is 4. The van der Waals surface area contributed by atoms with E-state index >= 15 is 0 Å². The van der Waals surface area contributed by atoms with Crippen LogP contribution in [-0.4, -0.2) is 83.9 Å². The molecule has 2 aliphatic carbocycles. The molecule has 12 nitrogen and oxygen atoms in total. The number of halogens is 1. The fourth-order valence-electron chi connectivity index (χ4n) is 8.78. The molecule has 2 fully saturated rings. The molecule has 1 spiro atoms. The molecule has 4 amide bonds. The Morgan fingerprint density at radius 1 is 1.05 bits per heavy atom. The zero-order valence-corrected chi connectivity index (χ0v) is 35.2. The number of rotatable bonds is 15. The average molecular weight is 816 g/mol. The molecule has 1 saturated heterocycles. The summed E-state index contributed by atoms with van der Waals surface area (Å²) in [5.41, 5.74) is 3.00. The summed E-state index contributed by atoms with van der Waals surface area (Å²) >= 11 is 6.29. The minimum Gasteiger partial charge on any atom is -0.497 e. The van der Waals surface area contributed by atoms with Crippen molar-refractivity contribution >= 4 is 52.3 Å². The van der Waals surface area contributed by atoms with Crippen molar-refractivity contribution in [3.63, 3.8) is 0 Å². The van der Waals surface area contributed by atoms with E-state index in [4.69, 9.17) is 21.2 Å². The van der Waals surface area contributed by atoms with Gasteiger partial charge in [0.1, 0.15) is 17.8 Å². The molecule has 4 atom stereocenters. The van der Waals surface area contributed by atoms with Gasteiger partial charge < -0.3 is 30.4 Å². The first-order chi connectivity index (χ1) is 27.7. The van der Waals surface area contributed by atoms with Crippen LogP contribution in [0.5, 0.6) is 5.75 Å². The number of carbonyl (C=O) groups excluding carboxylic acids is 5. The molecule has 3 N–H and O–H groups in total. The van der Waals surface area contributed by atoms with E-state index < -0.39 is 52.6 Å². The van der Waals surface area contributed by atoms with Gasteiger partial charge >= 0.3 is 0 Å². The normalized spacial score (nSPS) is 21.3. The summed E-state index contributed by atoms with van der Waals surface area (Å²) in [6, 6.07) is 10.0. The van der Waals surface area contributed by atoms with Crippen molar-refractivity contribution in [2.24, 2.45) is 16.5 Å². The summed E-state index contributed by atoms with van der Waals surface area (Å²) in [5.74, 6) is -1.65. The van der Waals surface area contributed by atoms with Gasteiger partial charge in [0.25, 0.3) is 5.91 Å². The number of fused-ring (bicyclic) bond motifs is 1. The molecule has 4 aliphatic rings. The third-order valence-corrected chi connectivity index (χ3v) is 12.2. The van der Waals surface area contributed by atoms with Gasteiger partial charge in [0.2, 0.25) is 23.5 Å². The van der Waals surface area contributed by atoms with E-state index in [9.17, 15) is 24.0 Å². The fourth-order valence-corrected chi connectivity index (χ4v) is 8.97. The predicted molar refractivity (Wildman–Crippen MR) is 223 cm³/mol. The molecule has 2 aliphatic heterocycles. The van der Waals surface area contributed by atoms with Gasteiger partial charge in [-0.05, 0) is 84.4 Å². The second kappa shape index (κ2) is 18.5. The van der Waals surface area contributed by atoms with Gasteiger partial charge in [0.05, 0.1) is 25.4 Å². The Labute approximate surface area is 346 Å². The Morgan fingerprint density at radius 3 is 2.53 bits per heavy atom. The number of hydrogen-bond acceptors (Lipinski definition) is 8. The van der Waals surface area contributed by atoms with E-state index in [1.807, 2.05) is 58.0 Å². The maximum absolute atomic E-state index is 14.7. The topological polar surface area (TPSA) is 155 Å². The first kappa shape index (κ1) is 42.9. The highest BCUT2D eigenvalue weighted by Crippen LogP contribution is 2.40. The summed E-state index contributed by atoms with van der Waals surface area (Å²) < 4.78 is 5.35. The van der Waals surface area contributed by atoms with Crippen LogP contribution in [0.25, 0.3) is 5.57 Å². The number of nitrogens with one attached hydrogen (secondary N) is 3. The largest absolute Gasteiger partial charge is 0.497 e. The highest BCUT2D eigenvalue weighted by atomic mass is 35.5. The van der Waals surface area contributed by atoms with E-state index in [-0.39, 0.29) is 37.8 Å². The number of ketones is 1. The minimum absolute atomic E-state index is 0.0290. The van der Waals surface area contributed by atoms with Crippen LogP contribution < -0.4 is 20.7 Å². The number of likely N-dealkylation sites (tertiary alicyclic amines) is 1. The summed E-state index contributed by atoms with van der Waals surface area (Å²) in [5, 5.41) is 13.6. The third-order valence-electron chi connectivity index (χ3n) is 11.9. The Balaban J connectivity index is 1.16. The summed E-state index contributed by atoms with van der Waals surface area (Å²) in [6.07, 6.45) is 10.3. The molecule has 2 aromatic carbocycles. The fraction of sp³-hybridized carbons (Fsp3) is 0.556. The quantitative estimate of drug-likeness (QED) is 0.178. The zero-order chi connectivity index (χ0) is 41.6. The molecule has 6 rings (SSSR count). The van der Waals surface area contributed by atoms with Gasteiger partial charge in [0.15, 0.2) is 5.60 Å². The Morgan fingerprint density at radius 2 is 1.83 bits per heavy atom. The van der Waals surface area contributed by atoms with Gasteiger partial charge in [-0.15, -0.1) is 0 Å². The van der Waals surface area contributed by atoms with Crippen LogP contribution >= 0.6 is 11.6 Å². The van der Waals surface area contributed by atoms with Gasteiger partial charge in [-0.1, -0.05) is 94.4 Å². The van der Waals surface area contributed by atoms with E-state index in [0.29, 0.717) is 36.4 Å². The summed E-state index contributed by atoms with van der Waals surface area (Å²) in [4.78, 5) is 77.2. The van der Waals surface area contributed by atoms with E-state index in [1.165, 1.54) is 11.3 Å². The van der Waals surface area contributed by atoms with Crippen molar-refractivity contribution in [1.82, 2.24) is 20.9 Å². The minimum atomic E-state index is -1.11. The standard InChI is InChI=1S/C45H58ClN5O7/c1-6-11-35(39(53)42(55)47-21-20-29-16-17-30-24-33(57-5)18-19-34(29)30)48-41(54)37-26-45(25-36(50-58-45)31-14-10-15-32(46)23-31)27-51(37)43(56)40(44(2,3)4)49-38(52)22-28-12-8-7-9-13-28/h10,14-16,18-19,23-24,28,35,37,40H,6-9,11-13,17,20-22,25-27H2,1-5H3,(H,47,55)(H,48,54)(H,49,52)/t35-,37-,40+,45+/m0/s1. The van der Waals surface area contributed by atoms with E-state index in [0.717, 1.165) is 60.1 Å². The molecule has 1 saturated carbocycles. The molecular formula is C45H58ClN5O7. The second-order valence-corrected chi connectivity index (χ2v) is 17.9. The van der Waals surface area contributed by atoms with Crippen molar-refractivity contribution in [3.05, 3.63) is 70.3 Å². The Kier molecular flexibility index (Phi) is 13.7. The molecule has 13 heteroatoms. The molecule has 2 heterocycles. The van der Waals surface area contributed by atoms with Crippen molar-refractivity contribution in [2.75, 3.05) is 20.2 Å². The number of hydrogen-bond donors (Lipinski definition) is 3. The summed E-state index contributed by atoms with van der Waals surface area (Å²) in [7, 11) is 1.63. The van der Waals surface area contributed by atoms with E-state index in [1.54, 1.807) is 19.2 Å². The molecule has 0 unspecified atom stereocenters. The number of methoxy groups -OCH3 is 1. The summed E-state index contributed by atoms with van der Waals surface area (Å²) in [6.45, 7) is 7.80. The third kappa shape index (κ3) is 10.1. The maximum atomic E-state index is 14.7. The number of oxime groups is 1. The molecule has 312 valence electrons. The van der Waals surface area contributed by atoms with Gasteiger partial charge in [-0.25, -0.2) is 0 Å². The first-order valence-corrected chi connectivity index (χ1v) is 21.2. The predicted octanol–water partition coefficient (Wildman–Crippen LogP) is 6.31. The Hall–Kier alpha value is -4.71. The number of nitrogens with zero attached hydrogens (tertiary/aromatic N) is 2. The molecule has 0 aromatic heterocycles. The SMILES string of the molecule is CCC[C@H](NC(=O)[C@@H]1C[C@]2(CC(c3cccc(Cl)c3)=NO2)CN1C(=O)[C@@H](NC(=O)CC1CCCCC1)C(C)(C)C)C(=O)C(=O)NCCC1=CCc2cc(OC)ccc21. The molecule has 58 heavy (non-hydrogen) atoms. The van der Waals surface area contributed by atoms with Gasteiger partial charge in [0, 0.05) is 36.4 Å². The smallest absolute Gasteiger partial charge is 0.289 e. The number of ether oxygens (including phenoxy) is 1. The lowest BCUT2D eigenvalue weighted by Gasteiger charge is -2.36. The molecule has 2 aromatic rings. The van der Waals surface area contributed by atoms with Gasteiger partial charge in [-0.2, -0.15) is 0 Å². The van der Waals surface area contributed by atoms with Crippen LogP contribution in [0.4, 0.5) is 0 Å². The maximum Gasteiger partial charge on any atom is 0.289 e. The molecular weight excluding hydrogens is 758 g/mol. The molecule has 0 bridgehead atoms. The number of Topliss-reactive ketones (excluding diaryl/α,β-unsaturated/α-hetero) is 1. The highest BCUT2D eigenvalue weighted by molar-refractivity contribution is 6.38. The van der Waals surface area contributed by atoms with Crippen LogP contribution in [0.3, 0.4) is 0 Å². The van der Waals surface area contributed by atoms with Crippen molar-refractivity contribution in [2.45, 2.75) is 128 Å². The van der Waals surface area contributed by atoms with Crippen LogP contribution in [0, 0.1) is 11.3 Å². The number of carbonyl (C=O) groups is 5. The van der Waals surface area contributed by atoms with Crippen molar-refractivity contribution < 1.29 is 33.5 Å². The highest BCUT2D eigenvalue weighted by Gasteiger charge is 2.55. The van der Waals surface area contributed by atoms with Crippen molar-refractivity contribution in [1.29, 1.82) is 0 Å². The van der Waals surface area contributed by atoms with Gasteiger partial charge in [-0.3, -0.25) is 24.0 Å². The lowest BCUT2D eigenvalue weighted by atomic mass is 9.84. The first-order valence-electron chi connectivity index (χ1n) is 20.8. The average Bonchev–Trinajstić information content (AvgIpc) is 3.92. The van der Waals surface area contributed by atoms with Crippen molar-refractivity contribution in [3.8, 4) is 5.75 Å².